The minimum atomic E-state index is -0.969. The predicted octanol–water partition coefficient (Wildman–Crippen LogP) is 6.58. The van der Waals surface area contributed by atoms with Crippen LogP contribution in [0.5, 0.6) is 0 Å². The monoisotopic (exact) mass is 548 g/mol. The van der Waals surface area contributed by atoms with Gasteiger partial charge in [0.25, 0.3) is 0 Å². The second-order valence-electron chi connectivity index (χ2n) is 11.6. The van der Waals surface area contributed by atoms with E-state index in [0.717, 1.165) is 77.3 Å². The Kier molecular flexibility index (Phi) is 6.73. The zero-order valence-corrected chi connectivity index (χ0v) is 23.1. The van der Waals surface area contributed by atoms with Crippen molar-refractivity contribution >= 4 is 22.6 Å². The third kappa shape index (κ3) is 4.80. The number of aliphatic hydroxyl groups is 1. The quantitative estimate of drug-likeness (QED) is 0.305. The molecule has 0 radical (unpaired) electrons. The lowest BCUT2D eigenvalue weighted by Gasteiger charge is -2.37. The molecule has 1 saturated heterocycles. The first-order valence-electron chi connectivity index (χ1n) is 14.0. The Labute approximate surface area is 231 Å². The lowest BCUT2D eigenvalue weighted by atomic mass is 9.83. The van der Waals surface area contributed by atoms with Crippen LogP contribution in [0.4, 0.5) is 14.5 Å². The topological polar surface area (TPSA) is 84.4 Å². The Morgan fingerprint density at radius 1 is 1.07 bits per heavy atom. The number of carbonyl (C=O) groups is 1. The molecule has 6 rings (SSSR count). The molecule has 9 heteroatoms. The van der Waals surface area contributed by atoms with Gasteiger partial charge in [0.2, 0.25) is 5.91 Å². The number of hydrogen-bond donors (Lipinski definition) is 1. The molecule has 3 heterocycles. The average molecular weight is 549 g/mol. The van der Waals surface area contributed by atoms with Crippen molar-refractivity contribution in [2.45, 2.75) is 89.8 Å². The Morgan fingerprint density at radius 2 is 1.85 bits per heavy atom. The van der Waals surface area contributed by atoms with E-state index in [4.69, 9.17) is 9.51 Å². The number of piperidine rings is 1. The summed E-state index contributed by atoms with van der Waals surface area (Å²) in [6.07, 6.45) is 5.32. The minimum absolute atomic E-state index is 0.0978. The lowest BCUT2D eigenvalue weighted by molar-refractivity contribution is -0.120. The Hall–Kier alpha value is -3.59. The highest BCUT2D eigenvalue weighted by molar-refractivity contribution is 5.94. The second-order valence-corrected chi connectivity index (χ2v) is 11.6. The van der Waals surface area contributed by atoms with Crippen molar-refractivity contribution in [2.24, 2.45) is 0 Å². The van der Waals surface area contributed by atoms with Crippen molar-refractivity contribution in [1.82, 2.24) is 14.7 Å². The molecule has 1 saturated carbocycles. The maximum atomic E-state index is 14.2. The van der Waals surface area contributed by atoms with E-state index in [0.29, 0.717) is 31.4 Å². The van der Waals surface area contributed by atoms with Crippen LogP contribution in [0.2, 0.25) is 0 Å². The maximum Gasteiger partial charge on any atom is 0.227 e. The van der Waals surface area contributed by atoms with E-state index in [1.165, 1.54) is 6.07 Å². The van der Waals surface area contributed by atoms with Gasteiger partial charge in [0.05, 0.1) is 22.3 Å². The van der Waals surface area contributed by atoms with E-state index >= 15 is 0 Å². The van der Waals surface area contributed by atoms with Crippen LogP contribution in [0, 0.1) is 25.5 Å². The largest absolute Gasteiger partial charge is 0.390 e. The number of aromatic nitrogens is 3. The first kappa shape index (κ1) is 26.6. The van der Waals surface area contributed by atoms with Crippen LogP contribution in [0.1, 0.15) is 75.2 Å². The molecule has 4 aromatic rings. The number of imidazole rings is 1. The molecule has 2 aromatic heterocycles. The fourth-order valence-corrected chi connectivity index (χ4v) is 6.57. The predicted molar refractivity (Wildman–Crippen MR) is 148 cm³/mol. The molecule has 40 heavy (non-hydrogen) atoms. The van der Waals surface area contributed by atoms with Gasteiger partial charge >= 0.3 is 0 Å². The van der Waals surface area contributed by atoms with Crippen molar-refractivity contribution in [2.75, 3.05) is 4.90 Å². The average Bonchev–Trinajstić information content (AvgIpc) is 3.44. The van der Waals surface area contributed by atoms with E-state index < -0.39 is 17.2 Å². The van der Waals surface area contributed by atoms with Crippen LogP contribution in [-0.2, 0) is 11.2 Å². The molecule has 0 unspecified atom stereocenters. The van der Waals surface area contributed by atoms with Crippen molar-refractivity contribution in [3.63, 3.8) is 0 Å². The van der Waals surface area contributed by atoms with Crippen LogP contribution in [0.15, 0.2) is 40.9 Å². The first-order valence-corrected chi connectivity index (χ1v) is 14.0. The SMILES string of the molecule is Cc1noc(C)c1-c1ccc2c(c1)nc(C[C@@H]1CCCC(=O)N1c1ccc(F)c(F)c1)n2[C@H]1CC[C@@](C)(O)CC1. The molecule has 1 atom stereocenters. The van der Waals surface area contributed by atoms with E-state index in [1.54, 1.807) is 4.90 Å². The molecule has 2 aliphatic rings. The van der Waals surface area contributed by atoms with Gasteiger partial charge in [0.1, 0.15) is 11.6 Å². The van der Waals surface area contributed by atoms with E-state index in [9.17, 15) is 18.7 Å². The molecule has 0 bridgehead atoms. The van der Waals surface area contributed by atoms with Crippen LogP contribution in [0.25, 0.3) is 22.2 Å². The molecule has 1 amide bonds. The molecule has 2 aromatic carbocycles. The summed E-state index contributed by atoms with van der Waals surface area (Å²) in [4.78, 5) is 19.8. The number of aryl methyl sites for hydroxylation is 2. The minimum Gasteiger partial charge on any atom is -0.390 e. The zero-order chi connectivity index (χ0) is 28.2. The summed E-state index contributed by atoms with van der Waals surface area (Å²) >= 11 is 0. The molecule has 7 nitrogen and oxygen atoms in total. The fourth-order valence-electron chi connectivity index (χ4n) is 6.57. The number of benzene rings is 2. The third-order valence-electron chi connectivity index (χ3n) is 8.64. The van der Waals surface area contributed by atoms with Gasteiger partial charge < -0.3 is 19.1 Å². The summed E-state index contributed by atoms with van der Waals surface area (Å²) in [7, 11) is 0. The Bertz CT molecular complexity index is 1560. The number of nitrogens with zero attached hydrogens (tertiary/aromatic N) is 4. The smallest absolute Gasteiger partial charge is 0.227 e. The molecule has 1 N–H and O–H groups in total. The normalized spacial score (nSPS) is 23.8. The van der Waals surface area contributed by atoms with Gasteiger partial charge in [-0.05, 0) is 89.1 Å². The van der Waals surface area contributed by atoms with Crippen LogP contribution in [-0.4, -0.2) is 37.4 Å². The molecule has 0 spiro atoms. The summed E-state index contributed by atoms with van der Waals surface area (Å²) in [6, 6.07) is 9.76. The molecule has 210 valence electrons. The summed E-state index contributed by atoms with van der Waals surface area (Å²) in [5, 5.41) is 14.7. The number of amides is 1. The standard InChI is InChI=1S/C31H34F2N4O3/c1-18-30(19(2)40-35-18)20-7-10-27-26(15-20)34-28(37(27)21-11-13-31(3,39)14-12-21)17-22-5-4-6-29(38)36(22)23-8-9-24(32)25(33)16-23/h7-10,15-16,21-22,39H,4-6,11-14,17H2,1-3H3/t21-,22-,31+/m0/s1. The van der Waals surface area contributed by atoms with Crippen LogP contribution in [0.3, 0.4) is 0 Å². The number of rotatable bonds is 5. The van der Waals surface area contributed by atoms with Gasteiger partial charge in [-0.3, -0.25) is 4.79 Å². The molecular formula is C31H34F2N4O3. The van der Waals surface area contributed by atoms with E-state index in [-0.39, 0.29) is 18.0 Å². The Balaban J connectivity index is 1.42. The Morgan fingerprint density at radius 3 is 2.55 bits per heavy atom. The van der Waals surface area contributed by atoms with Crippen LogP contribution < -0.4 is 4.90 Å². The number of fused-ring (bicyclic) bond motifs is 1. The third-order valence-corrected chi connectivity index (χ3v) is 8.64. The van der Waals surface area contributed by atoms with Crippen molar-refractivity contribution < 1.29 is 23.2 Å². The number of halogens is 2. The van der Waals surface area contributed by atoms with Gasteiger partial charge in [-0.2, -0.15) is 0 Å². The summed E-state index contributed by atoms with van der Waals surface area (Å²) in [6.45, 7) is 5.70. The number of carbonyl (C=O) groups excluding carboxylic acids is 1. The van der Waals surface area contributed by atoms with E-state index in [1.807, 2.05) is 20.8 Å². The molecular weight excluding hydrogens is 514 g/mol. The van der Waals surface area contributed by atoms with Gasteiger partial charge in [0, 0.05) is 42.2 Å². The number of anilines is 1. The summed E-state index contributed by atoms with van der Waals surface area (Å²) in [5.41, 5.74) is 4.27. The maximum absolute atomic E-state index is 14.2. The molecule has 2 fully saturated rings. The summed E-state index contributed by atoms with van der Waals surface area (Å²) < 4.78 is 35.6. The summed E-state index contributed by atoms with van der Waals surface area (Å²) in [5.74, 6) is -0.408. The van der Waals surface area contributed by atoms with Gasteiger partial charge in [-0.15, -0.1) is 0 Å². The van der Waals surface area contributed by atoms with Crippen molar-refractivity contribution in [3.05, 3.63) is 65.3 Å². The lowest BCUT2D eigenvalue weighted by Crippen LogP contribution is -2.45. The number of hydrogen-bond acceptors (Lipinski definition) is 5. The highest BCUT2D eigenvalue weighted by Crippen LogP contribution is 2.39. The first-order chi connectivity index (χ1) is 19.1. The van der Waals surface area contributed by atoms with Crippen LogP contribution >= 0.6 is 0 Å². The fraction of sp³-hybridized carbons (Fsp3) is 0.452. The molecule has 1 aliphatic heterocycles. The zero-order valence-electron chi connectivity index (χ0n) is 23.1. The second kappa shape index (κ2) is 10.1. The highest BCUT2D eigenvalue weighted by atomic mass is 19.2. The van der Waals surface area contributed by atoms with E-state index in [2.05, 4.69) is 27.9 Å². The van der Waals surface area contributed by atoms with Crippen molar-refractivity contribution in [1.29, 1.82) is 0 Å². The molecule has 1 aliphatic carbocycles. The van der Waals surface area contributed by atoms with Crippen molar-refractivity contribution in [3.8, 4) is 11.1 Å². The van der Waals surface area contributed by atoms with Gasteiger partial charge in [-0.1, -0.05) is 11.2 Å². The highest BCUT2D eigenvalue weighted by Gasteiger charge is 2.35. The van der Waals surface area contributed by atoms with Gasteiger partial charge in [-0.25, -0.2) is 13.8 Å². The van der Waals surface area contributed by atoms with Gasteiger partial charge in [0.15, 0.2) is 11.6 Å².